The van der Waals surface area contributed by atoms with Crippen LogP contribution in [0, 0.1) is 0 Å². The first kappa shape index (κ1) is 11.6. The number of nitrogens with zero attached hydrogens (tertiary/aromatic N) is 3. The van der Waals surface area contributed by atoms with Crippen LogP contribution in [-0.4, -0.2) is 28.6 Å². The maximum absolute atomic E-state index is 5.20. The lowest BCUT2D eigenvalue weighted by molar-refractivity contribution is 0.414. The standard InChI is InChI=1S/C12H16N4O/c1-3-13-8-11-9-14-15-16(11)10-5-4-6-12(7-10)17-2/h4-7,9,13H,3,8H2,1-2H3. The third-order valence-electron chi connectivity index (χ3n) is 2.47. The molecule has 0 atom stereocenters. The first-order valence-electron chi connectivity index (χ1n) is 5.60. The van der Waals surface area contributed by atoms with Gasteiger partial charge < -0.3 is 10.1 Å². The van der Waals surface area contributed by atoms with Crippen molar-refractivity contribution in [1.29, 1.82) is 0 Å². The van der Waals surface area contributed by atoms with Gasteiger partial charge in [-0.05, 0) is 18.7 Å². The van der Waals surface area contributed by atoms with Gasteiger partial charge in [0.05, 0.1) is 24.7 Å². The van der Waals surface area contributed by atoms with Gasteiger partial charge in [-0.3, -0.25) is 0 Å². The molecule has 5 heteroatoms. The number of ether oxygens (including phenoxy) is 1. The van der Waals surface area contributed by atoms with Crippen LogP contribution in [0.2, 0.25) is 0 Å². The second-order valence-corrected chi connectivity index (χ2v) is 3.62. The molecule has 1 aromatic carbocycles. The highest BCUT2D eigenvalue weighted by Gasteiger charge is 2.06. The van der Waals surface area contributed by atoms with E-state index in [4.69, 9.17) is 4.74 Å². The Morgan fingerprint density at radius 1 is 1.41 bits per heavy atom. The third-order valence-corrected chi connectivity index (χ3v) is 2.47. The first-order valence-corrected chi connectivity index (χ1v) is 5.60. The Labute approximate surface area is 100 Å². The van der Waals surface area contributed by atoms with Crippen LogP contribution >= 0.6 is 0 Å². The van der Waals surface area contributed by atoms with E-state index in [0.29, 0.717) is 0 Å². The smallest absolute Gasteiger partial charge is 0.121 e. The van der Waals surface area contributed by atoms with Crippen molar-refractivity contribution in [3.63, 3.8) is 0 Å². The summed E-state index contributed by atoms with van der Waals surface area (Å²) in [6.45, 7) is 3.74. The van der Waals surface area contributed by atoms with Gasteiger partial charge in [0.15, 0.2) is 0 Å². The van der Waals surface area contributed by atoms with Crippen LogP contribution in [0.4, 0.5) is 0 Å². The number of hydrogen-bond acceptors (Lipinski definition) is 4. The molecule has 0 amide bonds. The summed E-state index contributed by atoms with van der Waals surface area (Å²) in [4.78, 5) is 0. The molecule has 0 fully saturated rings. The van der Waals surface area contributed by atoms with Crippen LogP contribution in [0.5, 0.6) is 5.75 Å². The zero-order chi connectivity index (χ0) is 12.1. The van der Waals surface area contributed by atoms with Crippen LogP contribution < -0.4 is 10.1 Å². The minimum Gasteiger partial charge on any atom is -0.497 e. The van der Waals surface area contributed by atoms with Gasteiger partial charge in [-0.1, -0.05) is 18.2 Å². The summed E-state index contributed by atoms with van der Waals surface area (Å²) in [7, 11) is 1.65. The molecule has 0 saturated heterocycles. The molecule has 2 rings (SSSR count). The van der Waals surface area contributed by atoms with E-state index in [2.05, 4.69) is 22.6 Å². The van der Waals surface area contributed by atoms with Crippen molar-refractivity contribution < 1.29 is 4.74 Å². The predicted molar refractivity (Wildman–Crippen MR) is 65.3 cm³/mol. The molecule has 0 aliphatic rings. The summed E-state index contributed by atoms with van der Waals surface area (Å²) in [6, 6.07) is 7.76. The summed E-state index contributed by atoms with van der Waals surface area (Å²) in [5, 5.41) is 11.3. The topological polar surface area (TPSA) is 52.0 Å². The highest BCUT2D eigenvalue weighted by Crippen LogP contribution is 2.16. The molecule has 5 nitrogen and oxygen atoms in total. The lowest BCUT2D eigenvalue weighted by Crippen LogP contribution is -2.15. The van der Waals surface area contributed by atoms with Crippen molar-refractivity contribution in [2.45, 2.75) is 13.5 Å². The number of aromatic nitrogens is 3. The fraction of sp³-hybridized carbons (Fsp3) is 0.333. The molecular weight excluding hydrogens is 216 g/mol. The van der Waals surface area contributed by atoms with Gasteiger partial charge >= 0.3 is 0 Å². The average molecular weight is 232 g/mol. The molecular formula is C12H16N4O. The molecule has 1 heterocycles. The Bertz CT molecular complexity index is 481. The molecule has 0 aliphatic heterocycles. The molecule has 90 valence electrons. The van der Waals surface area contributed by atoms with E-state index in [0.717, 1.165) is 30.2 Å². The van der Waals surface area contributed by atoms with Crippen LogP contribution in [0.3, 0.4) is 0 Å². The Kier molecular flexibility index (Phi) is 3.72. The Balaban J connectivity index is 2.28. The summed E-state index contributed by atoms with van der Waals surface area (Å²) in [6.07, 6.45) is 1.77. The van der Waals surface area contributed by atoms with Gasteiger partial charge in [0.2, 0.25) is 0 Å². The van der Waals surface area contributed by atoms with Crippen molar-refractivity contribution >= 4 is 0 Å². The van der Waals surface area contributed by atoms with Crippen molar-refractivity contribution in [2.75, 3.05) is 13.7 Å². The lowest BCUT2D eigenvalue weighted by atomic mass is 10.3. The Morgan fingerprint density at radius 2 is 2.29 bits per heavy atom. The van der Waals surface area contributed by atoms with Crippen LogP contribution in [0.25, 0.3) is 5.69 Å². The molecule has 0 bridgehead atoms. The average Bonchev–Trinajstić information content (AvgIpc) is 2.84. The summed E-state index contributed by atoms with van der Waals surface area (Å²) in [5.74, 6) is 0.812. The van der Waals surface area contributed by atoms with Gasteiger partial charge in [0.25, 0.3) is 0 Å². The van der Waals surface area contributed by atoms with E-state index in [1.807, 2.05) is 28.9 Å². The lowest BCUT2D eigenvalue weighted by Gasteiger charge is -2.07. The largest absolute Gasteiger partial charge is 0.497 e. The molecule has 0 aliphatic carbocycles. The second kappa shape index (κ2) is 5.45. The molecule has 0 spiro atoms. The zero-order valence-electron chi connectivity index (χ0n) is 10.1. The third kappa shape index (κ3) is 2.62. The van der Waals surface area contributed by atoms with E-state index in [9.17, 15) is 0 Å². The Morgan fingerprint density at radius 3 is 3.06 bits per heavy atom. The van der Waals surface area contributed by atoms with Gasteiger partial charge in [-0.15, -0.1) is 5.10 Å². The molecule has 0 saturated carbocycles. The molecule has 17 heavy (non-hydrogen) atoms. The van der Waals surface area contributed by atoms with E-state index in [-0.39, 0.29) is 0 Å². The maximum Gasteiger partial charge on any atom is 0.121 e. The van der Waals surface area contributed by atoms with Gasteiger partial charge in [0, 0.05) is 12.6 Å². The summed E-state index contributed by atoms with van der Waals surface area (Å²) < 4.78 is 7.01. The molecule has 0 radical (unpaired) electrons. The molecule has 1 aromatic heterocycles. The van der Waals surface area contributed by atoms with E-state index >= 15 is 0 Å². The van der Waals surface area contributed by atoms with Crippen molar-refractivity contribution in [3.05, 3.63) is 36.2 Å². The number of rotatable bonds is 5. The Hall–Kier alpha value is -1.88. The number of benzene rings is 1. The quantitative estimate of drug-likeness (QED) is 0.846. The molecule has 1 N–H and O–H groups in total. The number of nitrogens with one attached hydrogen (secondary N) is 1. The molecule has 2 aromatic rings. The normalized spacial score (nSPS) is 10.5. The van der Waals surface area contributed by atoms with E-state index < -0.39 is 0 Å². The molecule has 0 unspecified atom stereocenters. The summed E-state index contributed by atoms with van der Waals surface area (Å²) in [5.41, 5.74) is 1.98. The van der Waals surface area contributed by atoms with Gasteiger partial charge in [-0.25, -0.2) is 4.68 Å². The first-order chi connectivity index (χ1) is 8.35. The zero-order valence-corrected chi connectivity index (χ0v) is 10.1. The fourth-order valence-corrected chi connectivity index (χ4v) is 1.59. The predicted octanol–water partition coefficient (Wildman–Crippen LogP) is 1.39. The van der Waals surface area contributed by atoms with Crippen LogP contribution in [-0.2, 0) is 6.54 Å². The second-order valence-electron chi connectivity index (χ2n) is 3.62. The minimum absolute atomic E-state index is 0.751. The monoisotopic (exact) mass is 232 g/mol. The SMILES string of the molecule is CCNCc1cnnn1-c1cccc(OC)c1. The maximum atomic E-state index is 5.20. The van der Waals surface area contributed by atoms with Crippen molar-refractivity contribution in [3.8, 4) is 11.4 Å². The van der Waals surface area contributed by atoms with Gasteiger partial charge in [0.1, 0.15) is 5.75 Å². The fourth-order valence-electron chi connectivity index (χ4n) is 1.59. The van der Waals surface area contributed by atoms with Crippen molar-refractivity contribution in [2.24, 2.45) is 0 Å². The van der Waals surface area contributed by atoms with E-state index in [1.165, 1.54) is 0 Å². The minimum atomic E-state index is 0.751. The summed E-state index contributed by atoms with van der Waals surface area (Å²) >= 11 is 0. The highest BCUT2D eigenvalue weighted by atomic mass is 16.5. The highest BCUT2D eigenvalue weighted by molar-refractivity contribution is 5.39. The van der Waals surface area contributed by atoms with Crippen LogP contribution in [0.15, 0.2) is 30.5 Å². The van der Waals surface area contributed by atoms with E-state index in [1.54, 1.807) is 13.3 Å². The van der Waals surface area contributed by atoms with Gasteiger partial charge in [-0.2, -0.15) is 0 Å². The number of hydrogen-bond donors (Lipinski definition) is 1. The van der Waals surface area contributed by atoms with Crippen LogP contribution in [0.1, 0.15) is 12.6 Å². The van der Waals surface area contributed by atoms with Crippen molar-refractivity contribution in [1.82, 2.24) is 20.3 Å². The number of methoxy groups -OCH3 is 1.